The minimum Gasteiger partial charge on any atom is -0.340 e. The Kier molecular flexibility index (Phi) is 5.33. The van der Waals surface area contributed by atoms with E-state index in [1.807, 2.05) is 0 Å². The van der Waals surface area contributed by atoms with E-state index in [1.165, 1.54) is 0 Å². The fourth-order valence-electron chi connectivity index (χ4n) is 2.08. The second kappa shape index (κ2) is 7.51. The zero-order valence-corrected chi connectivity index (χ0v) is 15.3. The van der Waals surface area contributed by atoms with Crippen molar-refractivity contribution in [3.63, 3.8) is 0 Å². The largest absolute Gasteiger partial charge is 0.421 e. The van der Waals surface area contributed by atoms with Crippen molar-refractivity contribution in [3.8, 4) is 0 Å². The van der Waals surface area contributed by atoms with Crippen molar-refractivity contribution in [2.45, 2.75) is 6.18 Å². The number of anilines is 4. The maximum absolute atomic E-state index is 13.3. The number of aromatic nitrogens is 2. The number of rotatable bonds is 4. The van der Waals surface area contributed by atoms with Crippen LogP contribution in [-0.4, -0.2) is 9.97 Å². The number of halogens is 5. The third-order valence-electron chi connectivity index (χ3n) is 3.30. The van der Waals surface area contributed by atoms with Crippen LogP contribution in [-0.2, 0) is 6.18 Å². The summed E-state index contributed by atoms with van der Waals surface area (Å²) >= 11 is 9.11. The molecule has 0 fully saturated rings. The van der Waals surface area contributed by atoms with Crippen molar-refractivity contribution in [2.24, 2.45) is 0 Å². The number of hydrogen-bond donors (Lipinski definition) is 2. The number of nitrogens with zero attached hydrogens (tertiary/aromatic N) is 2. The van der Waals surface area contributed by atoms with Gasteiger partial charge in [-0.25, -0.2) is 4.98 Å². The minimum atomic E-state index is -4.59. The molecule has 134 valence electrons. The average Bonchev–Trinajstić information content (AvgIpc) is 2.58. The summed E-state index contributed by atoms with van der Waals surface area (Å²) < 4.78 is 40.6. The Bertz CT molecular complexity index is 899. The predicted octanol–water partition coefficient (Wildman–Crippen LogP) is 6.40. The second-order valence-electron chi connectivity index (χ2n) is 5.22. The molecule has 0 bridgehead atoms. The first-order valence-corrected chi connectivity index (χ1v) is 8.48. The number of alkyl halides is 3. The van der Waals surface area contributed by atoms with Crippen molar-refractivity contribution in [1.82, 2.24) is 9.97 Å². The Hall–Kier alpha value is -2.32. The van der Waals surface area contributed by atoms with Gasteiger partial charge in [0.25, 0.3) is 0 Å². The number of benzene rings is 2. The van der Waals surface area contributed by atoms with Crippen LogP contribution in [0.5, 0.6) is 0 Å². The van der Waals surface area contributed by atoms with Gasteiger partial charge in [0.2, 0.25) is 5.95 Å². The van der Waals surface area contributed by atoms with Crippen LogP contribution in [0.25, 0.3) is 0 Å². The maximum Gasteiger partial charge on any atom is 0.421 e. The lowest BCUT2D eigenvalue weighted by Gasteiger charge is -2.15. The summed E-state index contributed by atoms with van der Waals surface area (Å²) in [6, 6.07) is 13.3. The Morgan fingerprint density at radius 2 is 1.46 bits per heavy atom. The highest BCUT2D eigenvalue weighted by Gasteiger charge is 2.35. The lowest BCUT2D eigenvalue weighted by atomic mass is 10.2. The molecule has 4 nitrogen and oxygen atoms in total. The van der Waals surface area contributed by atoms with E-state index in [2.05, 4.69) is 36.5 Å². The van der Waals surface area contributed by atoms with Gasteiger partial charge in [0.15, 0.2) is 0 Å². The first kappa shape index (κ1) is 18.5. The van der Waals surface area contributed by atoms with Gasteiger partial charge in [0.05, 0.1) is 0 Å². The van der Waals surface area contributed by atoms with E-state index < -0.39 is 11.7 Å². The van der Waals surface area contributed by atoms with Gasteiger partial charge < -0.3 is 10.6 Å². The SMILES string of the molecule is FC(F)(F)c1cnc(Nc2ccc(Br)cc2)nc1Nc1ccc(Cl)cc1. The standard InChI is InChI=1S/C17H11BrClF3N4/c18-10-1-5-13(6-2-10)25-16-23-9-14(17(20,21)22)15(26-16)24-12-7-3-11(19)4-8-12/h1-9H,(H2,23,24,25,26). The molecule has 0 aliphatic rings. The molecule has 1 aromatic heterocycles. The number of hydrogen-bond acceptors (Lipinski definition) is 4. The Morgan fingerprint density at radius 3 is 2.08 bits per heavy atom. The fraction of sp³-hybridized carbons (Fsp3) is 0.0588. The van der Waals surface area contributed by atoms with Gasteiger partial charge in [-0.1, -0.05) is 27.5 Å². The molecular weight excluding hydrogens is 433 g/mol. The molecule has 2 N–H and O–H groups in total. The quantitative estimate of drug-likeness (QED) is 0.490. The van der Waals surface area contributed by atoms with Crippen LogP contribution in [0.4, 0.5) is 36.3 Å². The third kappa shape index (κ3) is 4.64. The molecule has 0 spiro atoms. The Labute approximate surface area is 160 Å². The van der Waals surface area contributed by atoms with E-state index in [9.17, 15) is 13.2 Å². The van der Waals surface area contributed by atoms with Crippen LogP contribution in [0.1, 0.15) is 5.56 Å². The summed E-state index contributed by atoms with van der Waals surface area (Å²) in [5, 5.41) is 6.02. The monoisotopic (exact) mass is 442 g/mol. The van der Waals surface area contributed by atoms with E-state index in [-0.39, 0.29) is 11.8 Å². The van der Waals surface area contributed by atoms with Crippen molar-refractivity contribution >= 4 is 50.7 Å². The van der Waals surface area contributed by atoms with Crippen LogP contribution < -0.4 is 10.6 Å². The van der Waals surface area contributed by atoms with Crippen LogP contribution in [0.2, 0.25) is 5.02 Å². The van der Waals surface area contributed by atoms with Gasteiger partial charge in [-0.3, -0.25) is 0 Å². The van der Waals surface area contributed by atoms with Crippen molar-refractivity contribution < 1.29 is 13.2 Å². The molecule has 0 saturated heterocycles. The lowest BCUT2D eigenvalue weighted by molar-refractivity contribution is -0.137. The zero-order chi connectivity index (χ0) is 18.7. The van der Waals surface area contributed by atoms with Gasteiger partial charge in [0, 0.05) is 27.1 Å². The van der Waals surface area contributed by atoms with Crippen molar-refractivity contribution in [1.29, 1.82) is 0 Å². The topological polar surface area (TPSA) is 49.8 Å². The van der Waals surface area contributed by atoms with Crippen LogP contribution in [0, 0.1) is 0 Å². The van der Waals surface area contributed by atoms with Gasteiger partial charge in [-0.2, -0.15) is 18.2 Å². The van der Waals surface area contributed by atoms with Crippen LogP contribution in [0.15, 0.2) is 59.2 Å². The normalized spacial score (nSPS) is 11.3. The summed E-state index contributed by atoms with van der Waals surface area (Å²) in [7, 11) is 0. The van der Waals surface area contributed by atoms with E-state index >= 15 is 0 Å². The van der Waals surface area contributed by atoms with Crippen molar-refractivity contribution in [2.75, 3.05) is 10.6 Å². The highest BCUT2D eigenvalue weighted by atomic mass is 79.9. The summed E-state index contributed by atoms with van der Waals surface area (Å²) in [5.41, 5.74) is 0.104. The van der Waals surface area contributed by atoms with E-state index in [0.29, 0.717) is 16.4 Å². The molecular formula is C17H11BrClF3N4. The van der Waals surface area contributed by atoms with Crippen LogP contribution in [0.3, 0.4) is 0 Å². The van der Waals surface area contributed by atoms with E-state index in [4.69, 9.17) is 11.6 Å². The highest BCUT2D eigenvalue weighted by Crippen LogP contribution is 2.35. The van der Waals surface area contributed by atoms with Gasteiger partial charge in [0.1, 0.15) is 11.4 Å². The zero-order valence-electron chi connectivity index (χ0n) is 13.0. The van der Waals surface area contributed by atoms with Gasteiger partial charge in [-0.15, -0.1) is 0 Å². The van der Waals surface area contributed by atoms with E-state index in [1.54, 1.807) is 48.5 Å². The molecule has 26 heavy (non-hydrogen) atoms. The summed E-state index contributed by atoms with van der Waals surface area (Å²) in [6.07, 6.45) is -3.85. The molecule has 3 aromatic rings. The molecule has 0 unspecified atom stereocenters. The molecule has 1 heterocycles. The van der Waals surface area contributed by atoms with Crippen molar-refractivity contribution in [3.05, 3.63) is 69.8 Å². The number of nitrogens with one attached hydrogen (secondary N) is 2. The highest BCUT2D eigenvalue weighted by molar-refractivity contribution is 9.10. The Morgan fingerprint density at radius 1 is 0.885 bits per heavy atom. The maximum atomic E-state index is 13.3. The smallest absolute Gasteiger partial charge is 0.340 e. The molecule has 0 saturated carbocycles. The fourth-order valence-corrected chi connectivity index (χ4v) is 2.47. The Balaban J connectivity index is 1.93. The summed E-state index contributed by atoms with van der Waals surface area (Å²) in [4.78, 5) is 7.74. The molecule has 0 amide bonds. The molecule has 0 aliphatic heterocycles. The summed E-state index contributed by atoms with van der Waals surface area (Å²) in [6.45, 7) is 0. The lowest BCUT2D eigenvalue weighted by Crippen LogP contribution is -2.12. The van der Waals surface area contributed by atoms with Gasteiger partial charge >= 0.3 is 6.18 Å². The molecule has 0 atom stereocenters. The molecule has 0 aliphatic carbocycles. The average molecular weight is 444 g/mol. The summed E-state index contributed by atoms with van der Waals surface area (Å²) in [5.74, 6) is -0.314. The molecule has 9 heteroatoms. The van der Waals surface area contributed by atoms with E-state index in [0.717, 1.165) is 10.7 Å². The first-order chi connectivity index (χ1) is 12.3. The van der Waals surface area contributed by atoms with Crippen LogP contribution >= 0.6 is 27.5 Å². The van der Waals surface area contributed by atoms with Gasteiger partial charge in [-0.05, 0) is 48.5 Å². The third-order valence-corrected chi connectivity index (χ3v) is 4.08. The second-order valence-corrected chi connectivity index (χ2v) is 6.57. The predicted molar refractivity (Wildman–Crippen MR) is 99.2 cm³/mol. The minimum absolute atomic E-state index is 0.0387. The first-order valence-electron chi connectivity index (χ1n) is 7.31. The molecule has 2 aromatic carbocycles. The molecule has 0 radical (unpaired) electrons. The molecule has 3 rings (SSSR count).